The number of aromatic nitrogens is 1. The van der Waals surface area contributed by atoms with Gasteiger partial charge in [0.15, 0.2) is 0 Å². The summed E-state index contributed by atoms with van der Waals surface area (Å²) in [4.78, 5) is 27.7. The van der Waals surface area contributed by atoms with Crippen molar-refractivity contribution in [1.82, 2.24) is 4.98 Å². The van der Waals surface area contributed by atoms with Gasteiger partial charge in [-0.3, -0.25) is 9.59 Å². The molecule has 0 aliphatic heterocycles. The van der Waals surface area contributed by atoms with Crippen molar-refractivity contribution >= 4 is 40.6 Å². The molecule has 0 atom stereocenters. The second-order valence-corrected chi connectivity index (χ2v) is 7.44. The van der Waals surface area contributed by atoms with Crippen molar-refractivity contribution < 1.29 is 14.7 Å². The molecule has 3 aromatic carbocycles. The van der Waals surface area contributed by atoms with Crippen LogP contribution in [-0.2, 0) is 16.0 Å². The number of carbonyl (C=O) groups excluding carboxylic acids is 1. The van der Waals surface area contributed by atoms with Crippen LogP contribution in [0.25, 0.3) is 34.2 Å². The number of pyridine rings is 1. The summed E-state index contributed by atoms with van der Waals surface area (Å²) in [6.07, 6.45) is 3.61. The maximum absolute atomic E-state index is 11.8. The number of aliphatic carboxylic acids is 1. The lowest BCUT2D eigenvalue weighted by atomic mass is 9.92. The van der Waals surface area contributed by atoms with E-state index < -0.39 is 5.97 Å². The highest BCUT2D eigenvalue weighted by molar-refractivity contribution is 5.99. The minimum Gasteiger partial charge on any atom is -0.481 e. The van der Waals surface area contributed by atoms with Crippen molar-refractivity contribution in [3.8, 4) is 11.1 Å². The predicted molar refractivity (Wildman–Crippen MR) is 128 cm³/mol. The smallest absolute Gasteiger partial charge is 0.307 e. The maximum atomic E-state index is 11.8. The molecule has 1 amide bonds. The molecule has 0 bridgehead atoms. The zero-order valence-electron chi connectivity index (χ0n) is 17.6. The third kappa shape index (κ3) is 4.73. The monoisotopic (exact) mass is 422 g/mol. The van der Waals surface area contributed by atoms with Gasteiger partial charge in [0.25, 0.3) is 0 Å². The van der Waals surface area contributed by atoms with Gasteiger partial charge in [-0.05, 0) is 46.5 Å². The van der Waals surface area contributed by atoms with Crippen LogP contribution in [-0.4, -0.2) is 22.0 Å². The van der Waals surface area contributed by atoms with Crippen LogP contribution in [0.1, 0.15) is 23.7 Å². The van der Waals surface area contributed by atoms with Gasteiger partial charge in [-0.2, -0.15) is 0 Å². The topological polar surface area (TPSA) is 79.3 Å². The molecular weight excluding hydrogens is 400 g/mol. The Bertz CT molecular complexity index is 1310. The van der Waals surface area contributed by atoms with E-state index in [4.69, 9.17) is 4.98 Å². The van der Waals surface area contributed by atoms with Gasteiger partial charge < -0.3 is 10.4 Å². The number of carbonyl (C=O) groups is 2. The molecular formula is C27H22N2O3. The second kappa shape index (κ2) is 9.27. The molecule has 0 fully saturated rings. The Kier molecular flexibility index (Phi) is 6.08. The van der Waals surface area contributed by atoms with Crippen molar-refractivity contribution in [3.63, 3.8) is 0 Å². The summed E-state index contributed by atoms with van der Waals surface area (Å²) in [5.74, 6) is -1.03. The summed E-state index contributed by atoms with van der Waals surface area (Å²) in [5, 5.41) is 13.3. The Balaban J connectivity index is 1.84. The molecule has 5 nitrogen and oxygen atoms in total. The number of nitrogens with zero attached hydrogens (tertiary/aromatic N) is 1. The molecule has 4 rings (SSSR count). The van der Waals surface area contributed by atoms with Crippen LogP contribution in [0.5, 0.6) is 0 Å². The van der Waals surface area contributed by atoms with E-state index in [0.717, 1.165) is 33.3 Å². The minimum absolute atomic E-state index is 0.125. The third-order valence-corrected chi connectivity index (χ3v) is 5.08. The number of carboxylic acids is 1. The van der Waals surface area contributed by atoms with Gasteiger partial charge in [-0.1, -0.05) is 66.7 Å². The van der Waals surface area contributed by atoms with E-state index >= 15 is 0 Å². The molecule has 5 heteroatoms. The summed E-state index contributed by atoms with van der Waals surface area (Å²) in [6.45, 7) is 1.47. The van der Waals surface area contributed by atoms with Crippen LogP contribution in [0.2, 0.25) is 0 Å². The van der Waals surface area contributed by atoms with Crippen molar-refractivity contribution in [2.45, 2.75) is 13.3 Å². The zero-order valence-corrected chi connectivity index (χ0v) is 17.6. The number of fused-ring (bicyclic) bond motifs is 1. The Morgan fingerprint density at radius 3 is 2.28 bits per heavy atom. The fourth-order valence-corrected chi connectivity index (χ4v) is 3.73. The quantitative estimate of drug-likeness (QED) is 0.420. The van der Waals surface area contributed by atoms with Gasteiger partial charge in [0.05, 0.1) is 17.6 Å². The average molecular weight is 422 g/mol. The molecule has 2 N–H and O–H groups in total. The molecule has 4 aromatic rings. The summed E-state index contributed by atoms with van der Waals surface area (Å²) < 4.78 is 0. The lowest BCUT2D eigenvalue weighted by Gasteiger charge is -2.15. The van der Waals surface area contributed by atoms with E-state index in [-0.39, 0.29) is 12.3 Å². The first kappa shape index (κ1) is 21.0. The molecule has 158 valence electrons. The molecule has 0 radical (unpaired) electrons. The lowest BCUT2D eigenvalue weighted by Crippen LogP contribution is -2.06. The number of benzene rings is 3. The van der Waals surface area contributed by atoms with E-state index in [1.165, 1.54) is 6.92 Å². The number of anilines is 1. The van der Waals surface area contributed by atoms with E-state index in [1.54, 1.807) is 0 Å². The van der Waals surface area contributed by atoms with E-state index in [9.17, 15) is 14.7 Å². The first-order chi connectivity index (χ1) is 15.5. The van der Waals surface area contributed by atoms with Gasteiger partial charge in [-0.25, -0.2) is 4.98 Å². The van der Waals surface area contributed by atoms with Crippen molar-refractivity contribution in [2.75, 3.05) is 5.32 Å². The van der Waals surface area contributed by atoms with E-state index in [2.05, 4.69) is 5.32 Å². The van der Waals surface area contributed by atoms with Gasteiger partial charge in [-0.15, -0.1) is 0 Å². The lowest BCUT2D eigenvalue weighted by molar-refractivity contribution is -0.136. The Labute approximate surface area is 186 Å². The molecule has 1 heterocycles. The summed E-state index contributed by atoms with van der Waals surface area (Å²) >= 11 is 0. The summed E-state index contributed by atoms with van der Waals surface area (Å²) in [7, 11) is 0. The molecule has 0 saturated heterocycles. The standard InChI is InChI=1S/C27H22N2O3/c1-18(30)28-21-14-11-19(12-15-21)13-16-25-23(17-26(31)32)27(20-7-3-2-4-8-20)22-9-5-6-10-24(22)29-25/h2-16H,17H2,1H3,(H,28,30)(H,31,32). The SMILES string of the molecule is CC(=O)Nc1ccc(C=Cc2nc3ccccc3c(-c3ccccc3)c2CC(=O)O)cc1. The number of rotatable bonds is 6. The van der Waals surface area contributed by atoms with Crippen LogP contribution >= 0.6 is 0 Å². The number of amides is 1. The molecule has 0 aliphatic carbocycles. The van der Waals surface area contributed by atoms with Crippen LogP contribution in [0.3, 0.4) is 0 Å². The first-order valence-electron chi connectivity index (χ1n) is 10.3. The number of para-hydroxylation sites is 1. The normalized spacial score (nSPS) is 11.0. The highest BCUT2D eigenvalue weighted by Crippen LogP contribution is 2.34. The van der Waals surface area contributed by atoms with Crippen LogP contribution in [0.4, 0.5) is 5.69 Å². The van der Waals surface area contributed by atoms with E-state index in [0.29, 0.717) is 11.3 Å². The van der Waals surface area contributed by atoms with Gasteiger partial charge >= 0.3 is 5.97 Å². The van der Waals surface area contributed by atoms with Gasteiger partial charge in [0.2, 0.25) is 5.91 Å². The highest BCUT2D eigenvalue weighted by atomic mass is 16.4. The molecule has 0 unspecified atom stereocenters. The molecule has 1 aromatic heterocycles. The van der Waals surface area contributed by atoms with Gasteiger partial charge in [0.1, 0.15) is 0 Å². The Morgan fingerprint density at radius 2 is 1.59 bits per heavy atom. The fraction of sp³-hybridized carbons (Fsp3) is 0.0741. The zero-order chi connectivity index (χ0) is 22.5. The summed E-state index contributed by atoms with van der Waals surface area (Å²) in [6, 6.07) is 25.0. The number of hydrogen-bond donors (Lipinski definition) is 2. The molecule has 32 heavy (non-hydrogen) atoms. The van der Waals surface area contributed by atoms with Crippen LogP contribution < -0.4 is 5.32 Å². The van der Waals surface area contributed by atoms with Crippen molar-refractivity contribution in [1.29, 1.82) is 0 Å². The number of carboxylic acid groups (broad SMARTS) is 1. The van der Waals surface area contributed by atoms with Crippen molar-refractivity contribution in [3.05, 3.63) is 95.7 Å². The van der Waals surface area contributed by atoms with Gasteiger partial charge in [0, 0.05) is 18.0 Å². The van der Waals surface area contributed by atoms with Crippen LogP contribution in [0, 0.1) is 0 Å². The van der Waals surface area contributed by atoms with Crippen LogP contribution in [0.15, 0.2) is 78.9 Å². The predicted octanol–water partition coefficient (Wildman–Crippen LogP) is 5.66. The Morgan fingerprint density at radius 1 is 0.906 bits per heavy atom. The molecule has 0 aliphatic rings. The Hall–Kier alpha value is -4.25. The molecule has 0 saturated carbocycles. The number of hydrogen-bond acceptors (Lipinski definition) is 3. The third-order valence-electron chi connectivity index (χ3n) is 5.08. The second-order valence-electron chi connectivity index (χ2n) is 7.44. The van der Waals surface area contributed by atoms with Crippen molar-refractivity contribution in [2.24, 2.45) is 0 Å². The fourth-order valence-electron chi connectivity index (χ4n) is 3.73. The highest BCUT2D eigenvalue weighted by Gasteiger charge is 2.17. The van der Waals surface area contributed by atoms with E-state index in [1.807, 2.05) is 91.0 Å². The number of nitrogens with one attached hydrogen (secondary N) is 1. The first-order valence-corrected chi connectivity index (χ1v) is 10.3. The summed E-state index contributed by atoms with van der Waals surface area (Å²) in [5.41, 5.74) is 5.58. The maximum Gasteiger partial charge on any atom is 0.307 e. The minimum atomic E-state index is -0.909. The molecule has 0 spiro atoms. The average Bonchev–Trinajstić information content (AvgIpc) is 2.78. The largest absolute Gasteiger partial charge is 0.481 e.